The normalized spacial score (nSPS) is 18.0. The van der Waals surface area contributed by atoms with E-state index in [2.05, 4.69) is 10.6 Å². The summed E-state index contributed by atoms with van der Waals surface area (Å²) in [5.74, 6) is -1.54. The van der Waals surface area contributed by atoms with Gasteiger partial charge in [-0.1, -0.05) is 12.1 Å². The molecule has 1 aliphatic heterocycles. The summed E-state index contributed by atoms with van der Waals surface area (Å²) in [4.78, 5) is 38.4. The van der Waals surface area contributed by atoms with Crippen molar-refractivity contribution in [2.24, 2.45) is 0 Å². The number of hydrogen-bond acceptors (Lipinski definition) is 4. The first-order valence-corrected chi connectivity index (χ1v) is 8.94. The van der Waals surface area contributed by atoms with Crippen LogP contribution in [-0.4, -0.2) is 47.0 Å². The molecule has 1 aromatic rings. The van der Waals surface area contributed by atoms with E-state index in [1.165, 1.54) is 30.0 Å². The van der Waals surface area contributed by atoms with Crippen LogP contribution in [0.3, 0.4) is 0 Å². The van der Waals surface area contributed by atoms with Crippen LogP contribution in [0.5, 0.6) is 0 Å². The smallest absolute Gasteiger partial charge is 0.410 e. The molecule has 3 amide bonds. The van der Waals surface area contributed by atoms with Gasteiger partial charge in [0.05, 0.1) is 5.69 Å². The van der Waals surface area contributed by atoms with Crippen LogP contribution in [0.4, 0.5) is 14.9 Å². The number of halogens is 1. The molecule has 0 aromatic heterocycles. The lowest BCUT2D eigenvalue weighted by Gasteiger charge is -2.28. The Morgan fingerprint density at radius 2 is 1.93 bits per heavy atom. The molecule has 2 atom stereocenters. The number of amides is 3. The summed E-state index contributed by atoms with van der Waals surface area (Å²) >= 11 is 0. The largest absolute Gasteiger partial charge is 0.444 e. The van der Waals surface area contributed by atoms with Crippen molar-refractivity contribution in [3.05, 3.63) is 30.1 Å². The van der Waals surface area contributed by atoms with Crippen molar-refractivity contribution in [1.82, 2.24) is 10.2 Å². The Kier molecular flexibility index (Phi) is 6.41. The predicted molar refractivity (Wildman–Crippen MR) is 98.6 cm³/mol. The van der Waals surface area contributed by atoms with Gasteiger partial charge in [0, 0.05) is 6.54 Å². The summed E-state index contributed by atoms with van der Waals surface area (Å²) in [6.45, 7) is 7.19. The predicted octanol–water partition coefficient (Wildman–Crippen LogP) is 2.67. The van der Waals surface area contributed by atoms with Crippen molar-refractivity contribution in [3.63, 3.8) is 0 Å². The maximum absolute atomic E-state index is 13.6. The van der Waals surface area contributed by atoms with E-state index in [4.69, 9.17) is 4.74 Å². The van der Waals surface area contributed by atoms with E-state index in [1.54, 1.807) is 26.8 Å². The highest BCUT2D eigenvalue weighted by atomic mass is 19.1. The Balaban J connectivity index is 1.95. The Hall–Kier alpha value is -2.64. The first kappa shape index (κ1) is 20.7. The molecule has 7 nitrogen and oxygen atoms in total. The summed E-state index contributed by atoms with van der Waals surface area (Å²) in [5.41, 5.74) is -0.618. The lowest BCUT2D eigenvalue weighted by atomic mass is 10.2. The molecule has 0 bridgehead atoms. The van der Waals surface area contributed by atoms with Crippen LogP contribution in [0.1, 0.15) is 40.5 Å². The monoisotopic (exact) mass is 379 g/mol. The van der Waals surface area contributed by atoms with Gasteiger partial charge in [0.25, 0.3) is 0 Å². The zero-order valence-electron chi connectivity index (χ0n) is 16.0. The Labute approximate surface area is 158 Å². The first-order valence-electron chi connectivity index (χ1n) is 8.94. The number of benzene rings is 1. The minimum Gasteiger partial charge on any atom is -0.444 e. The number of rotatable bonds is 4. The van der Waals surface area contributed by atoms with E-state index in [9.17, 15) is 18.8 Å². The minimum absolute atomic E-state index is 0.0415. The Bertz CT molecular complexity index is 717. The molecule has 1 saturated heterocycles. The number of nitrogens with zero attached hydrogens (tertiary/aromatic N) is 1. The highest BCUT2D eigenvalue weighted by molar-refractivity contribution is 5.98. The third kappa shape index (κ3) is 5.67. The average Bonchev–Trinajstić information content (AvgIpc) is 3.05. The molecular weight excluding hydrogens is 353 g/mol. The fourth-order valence-electron chi connectivity index (χ4n) is 2.76. The van der Waals surface area contributed by atoms with Crippen LogP contribution in [-0.2, 0) is 14.3 Å². The molecule has 2 unspecified atom stereocenters. The molecule has 0 spiro atoms. The van der Waals surface area contributed by atoms with Crippen LogP contribution in [0.15, 0.2) is 24.3 Å². The summed E-state index contributed by atoms with van der Waals surface area (Å²) < 4.78 is 19.0. The third-order valence-electron chi connectivity index (χ3n) is 4.07. The van der Waals surface area contributed by atoms with Crippen molar-refractivity contribution in [2.45, 2.75) is 58.2 Å². The quantitative estimate of drug-likeness (QED) is 0.842. The zero-order chi connectivity index (χ0) is 20.2. The number of nitrogens with one attached hydrogen (secondary N) is 2. The molecule has 1 heterocycles. The van der Waals surface area contributed by atoms with Gasteiger partial charge in [0.15, 0.2) is 0 Å². The topological polar surface area (TPSA) is 87.7 Å². The van der Waals surface area contributed by atoms with E-state index in [-0.39, 0.29) is 5.69 Å². The van der Waals surface area contributed by atoms with Crippen molar-refractivity contribution in [1.29, 1.82) is 0 Å². The van der Waals surface area contributed by atoms with Crippen molar-refractivity contribution < 1.29 is 23.5 Å². The van der Waals surface area contributed by atoms with Gasteiger partial charge in [-0.3, -0.25) is 14.5 Å². The van der Waals surface area contributed by atoms with E-state index in [1.807, 2.05) is 0 Å². The summed E-state index contributed by atoms with van der Waals surface area (Å²) in [7, 11) is 0. The van der Waals surface area contributed by atoms with E-state index in [0.717, 1.165) is 0 Å². The summed E-state index contributed by atoms with van der Waals surface area (Å²) in [5, 5.41) is 5.02. The second-order valence-electron chi connectivity index (χ2n) is 7.53. The molecule has 0 aliphatic carbocycles. The third-order valence-corrected chi connectivity index (χ3v) is 4.07. The number of carbonyl (C=O) groups excluding carboxylic acids is 3. The number of hydrogen-bond donors (Lipinski definition) is 2. The number of anilines is 1. The molecule has 27 heavy (non-hydrogen) atoms. The van der Waals surface area contributed by atoms with Crippen LogP contribution in [0.2, 0.25) is 0 Å². The minimum atomic E-state index is -0.891. The molecule has 0 saturated carbocycles. The molecule has 1 aromatic carbocycles. The lowest BCUT2D eigenvalue weighted by Crippen LogP contribution is -2.51. The average molecular weight is 379 g/mol. The van der Waals surface area contributed by atoms with E-state index >= 15 is 0 Å². The van der Waals surface area contributed by atoms with Crippen molar-refractivity contribution >= 4 is 23.6 Å². The maximum atomic E-state index is 13.6. The Morgan fingerprint density at radius 1 is 1.26 bits per heavy atom. The lowest BCUT2D eigenvalue weighted by molar-refractivity contribution is -0.129. The number of para-hydroxylation sites is 1. The van der Waals surface area contributed by atoms with Crippen molar-refractivity contribution in [3.8, 4) is 0 Å². The van der Waals surface area contributed by atoms with Gasteiger partial charge in [-0.25, -0.2) is 9.18 Å². The molecule has 1 fully saturated rings. The van der Waals surface area contributed by atoms with Crippen LogP contribution < -0.4 is 10.6 Å². The molecule has 1 aliphatic rings. The second-order valence-corrected chi connectivity index (χ2v) is 7.53. The van der Waals surface area contributed by atoms with Gasteiger partial charge in [-0.05, 0) is 52.7 Å². The highest BCUT2D eigenvalue weighted by Crippen LogP contribution is 2.21. The first-order chi connectivity index (χ1) is 12.6. The maximum Gasteiger partial charge on any atom is 0.410 e. The van der Waals surface area contributed by atoms with E-state index in [0.29, 0.717) is 19.4 Å². The van der Waals surface area contributed by atoms with Gasteiger partial charge in [-0.2, -0.15) is 0 Å². The molecule has 148 valence electrons. The Morgan fingerprint density at radius 3 is 2.56 bits per heavy atom. The molecule has 2 N–H and O–H groups in total. The van der Waals surface area contributed by atoms with Gasteiger partial charge in [0.2, 0.25) is 11.8 Å². The van der Waals surface area contributed by atoms with E-state index < -0.39 is 41.4 Å². The molecule has 0 radical (unpaired) electrons. The van der Waals surface area contributed by atoms with Crippen molar-refractivity contribution in [2.75, 3.05) is 11.9 Å². The number of likely N-dealkylation sites (tertiary alicyclic amines) is 1. The molecule has 2 rings (SSSR count). The molecular formula is C19H26FN3O4. The SMILES string of the molecule is CC(NC(=O)C1CCCN1C(=O)OC(C)(C)C)C(=O)Nc1ccccc1F. The van der Waals surface area contributed by atoms with Gasteiger partial charge >= 0.3 is 6.09 Å². The van der Waals surface area contributed by atoms with Crippen LogP contribution >= 0.6 is 0 Å². The van der Waals surface area contributed by atoms with Gasteiger partial charge in [0.1, 0.15) is 23.5 Å². The van der Waals surface area contributed by atoms with Gasteiger partial charge < -0.3 is 15.4 Å². The fraction of sp³-hybridized carbons (Fsp3) is 0.526. The fourth-order valence-corrected chi connectivity index (χ4v) is 2.76. The van der Waals surface area contributed by atoms with Crippen LogP contribution in [0, 0.1) is 5.82 Å². The molecule has 8 heteroatoms. The standard InChI is InChI=1S/C19H26FN3O4/c1-12(16(24)22-14-9-6-5-8-13(14)20)21-17(25)15-10-7-11-23(15)18(26)27-19(2,3)4/h5-6,8-9,12,15H,7,10-11H2,1-4H3,(H,21,25)(H,22,24). The highest BCUT2D eigenvalue weighted by Gasteiger charge is 2.37. The number of ether oxygens (including phenoxy) is 1. The van der Waals surface area contributed by atoms with Crippen LogP contribution in [0.25, 0.3) is 0 Å². The second kappa shape index (κ2) is 8.37. The van der Waals surface area contributed by atoms with Gasteiger partial charge in [-0.15, -0.1) is 0 Å². The summed E-state index contributed by atoms with van der Waals surface area (Å²) in [6.07, 6.45) is 0.614. The zero-order valence-corrected chi connectivity index (χ0v) is 16.0. The number of carbonyl (C=O) groups is 3. The summed E-state index contributed by atoms with van der Waals surface area (Å²) in [6, 6.07) is 4.20.